The molecule has 0 fully saturated rings. The first-order valence-corrected chi connectivity index (χ1v) is 10.3. The number of amides is 2. The van der Waals surface area contributed by atoms with Gasteiger partial charge in [0.1, 0.15) is 12.6 Å². The third-order valence-electron chi connectivity index (χ3n) is 4.98. The van der Waals surface area contributed by atoms with Crippen molar-refractivity contribution in [2.75, 3.05) is 27.8 Å². The van der Waals surface area contributed by atoms with Gasteiger partial charge >= 0.3 is 6.09 Å². The van der Waals surface area contributed by atoms with E-state index in [9.17, 15) is 9.59 Å². The number of ether oxygens (including phenoxy) is 3. The molecular formula is C24H32N2O5. The Morgan fingerprint density at radius 3 is 2.26 bits per heavy atom. The normalized spacial score (nSPS) is 11.5. The van der Waals surface area contributed by atoms with E-state index in [1.807, 2.05) is 62.4 Å². The molecule has 0 aliphatic heterocycles. The second-order valence-corrected chi connectivity index (χ2v) is 7.63. The van der Waals surface area contributed by atoms with Gasteiger partial charge in [0.2, 0.25) is 5.91 Å². The molecule has 1 atom stereocenters. The summed E-state index contributed by atoms with van der Waals surface area (Å²) in [6.07, 6.45) is 0.0375. The van der Waals surface area contributed by atoms with Gasteiger partial charge in [-0.3, -0.25) is 4.79 Å². The lowest BCUT2D eigenvalue weighted by Gasteiger charge is -2.27. The molecule has 7 nitrogen and oxygen atoms in total. The number of methoxy groups -OCH3 is 2. The summed E-state index contributed by atoms with van der Waals surface area (Å²) in [7, 11) is 4.91. The van der Waals surface area contributed by atoms with E-state index in [0.29, 0.717) is 24.5 Å². The van der Waals surface area contributed by atoms with E-state index in [1.165, 1.54) is 0 Å². The minimum Gasteiger partial charge on any atom is -0.493 e. The van der Waals surface area contributed by atoms with E-state index in [0.717, 1.165) is 11.1 Å². The zero-order valence-electron chi connectivity index (χ0n) is 18.9. The standard InChI is InChI=1S/C24H32N2O5/c1-17(2)22(25-24(28)31-16-19-9-7-6-8-10-19)23(27)26(3)14-13-18-11-12-20(29-4)21(15-18)30-5/h6-12,15,17,22H,13-14,16H2,1-5H3,(H,25,28). The van der Waals surface area contributed by atoms with Gasteiger partial charge < -0.3 is 24.4 Å². The largest absolute Gasteiger partial charge is 0.493 e. The van der Waals surface area contributed by atoms with Crippen molar-refractivity contribution in [3.63, 3.8) is 0 Å². The summed E-state index contributed by atoms with van der Waals surface area (Å²) in [5, 5.41) is 2.71. The Morgan fingerprint density at radius 1 is 0.968 bits per heavy atom. The molecule has 0 aliphatic rings. The number of likely N-dealkylation sites (N-methyl/N-ethyl adjacent to an activating group) is 1. The van der Waals surface area contributed by atoms with Crippen LogP contribution in [-0.4, -0.2) is 50.8 Å². The highest BCUT2D eigenvalue weighted by atomic mass is 16.5. The Labute approximate surface area is 184 Å². The maximum Gasteiger partial charge on any atom is 0.408 e. The van der Waals surface area contributed by atoms with Gasteiger partial charge in [0.15, 0.2) is 11.5 Å². The van der Waals surface area contributed by atoms with Gasteiger partial charge in [-0.2, -0.15) is 0 Å². The molecule has 2 aromatic rings. The summed E-state index contributed by atoms with van der Waals surface area (Å²) in [4.78, 5) is 26.8. The van der Waals surface area contributed by atoms with E-state index < -0.39 is 12.1 Å². The molecule has 0 heterocycles. The first-order valence-electron chi connectivity index (χ1n) is 10.3. The summed E-state index contributed by atoms with van der Waals surface area (Å²) < 4.78 is 15.9. The van der Waals surface area contributed by atoms with Crippen molar-refractivity contribution in [1.82, 2.24) is 10.2 Å². The van der Waals surface area contributed by atoms with Crippen LogP contribution < -0.4 is 14.8 Å². The number of carbonyl (C=O) groups excluding carboxylic acids is 2. The number of carbonyl (C=O) groups is 2. The molecule has 2 aromatic carbocycles. The van der Waals surface area contributed by atoms with Crippen molar-refractivity contribution in [3.05, 3.63) is 59.7 Å². The quantitative estimate of drug-likeness (QED) is 0.625. The van der Waals surface area contributed by atoms with Crippen molar-refractivity contribution in [1.29, 1.82) is 0 Å². The zero-order chi connectivity index (χ0) is 22.8. The van der Waals surface area contributed by atoms with Crippen molar-refractivity contribution < 1.29 is 23.8 Å². The molecule has 1 unspecified atom stereocenters. The first-order chi connectivity index (χ1) is 14.8. The predicted octanol–water partition coefficient (Wildman–Crippen LogP) is 3.66. The third kappa shape index (κ3) is 7.20. The highest BCUT2D eigenvalue weighted by molar-refractivity contribution is 5.85. The second-order valence-electron chi connectivity index (χ2n) is 7.63. The van der Waals surface area contributed by atoms with Gasteiger partial charge in [0.05, 0.1) is 14.2 Å². The summed E-state index contributed by atoms with van der Waals surface area (Å²) in [6.45, 7) is 4.43. The van der Waals surface area contributed by atoms with E-state index in [4.69, 9.17) is 14.2 Å². The Kier molecular flexibility index (Phi) is 9.18. The van der Waals surface area contributed by atoms with E-state index >= 15 is 0 Å². The number of benzene rings is 2. The molecule has 31 heavy (non-hydrogen) atoms. The molecule has 7 heteroatoms. The summed E-state index contributed by atoms with van der Waals surface area (Å²) in [5.41, 5.74) is 1.91. The number of nitrogens with zero attached hydrogens (tertiary/aromatic N) is 1. The van der Waals surface area contributed by atoms with Gasteiger partial charge in [-0.15, -0.1) is 0 Å². The summed E-state index contributed by atoms with van der Waals surface area (Å²) in [6, 6.07) is 14.4. The fourth-order valence-corrected chi connectivity index (χ4v) is 3.09. The van der Waals surface area contributed by atoms with Crippen molar-refractivity contribution >= 4 is 12.0 Å². The molecule has 2 amide bonds. The molecule has 0 saturated carbocycles. The van der Waals surface area contributed by atoms with Crippen LogP contribution in [0.4, 0.5) is 4.79 Å². The molecule has 0 aromatic heterocycles. The molecular weight excluding hydrogens is 396 g/mol. The topological polar surface area (TPSA) is 77.1 Å². The highest BCUT2D eigenvalue weighted by Gasteiger charge is 2.27. The van der Waals surface area contributed by atoms with Crippen molar-refractivity contribution in [2.45, 2.75) is 32.9 Å². The van der Waals surface area contributed by atoms with Crippen LogP contribution in [0.5, 0.6) is 11.5 Å². The minimum absolute atomic E-state index is 0.0831. The average molecular weight is 429 g/mol. The van der Waals surface area contributed by atoms with Crippen LogP contribution in [0.3, 0.4) is 0 Å². The number of hydrogen-bond acceptors (Lipinski definition) is 5. The maximum atomic E-state index is 13.0. The maximum absolute atomic E-state index is 13.0. The fourth-order valence-electron chi connectivity index (χ4n) is 3.09. The second kappa shape index (κ2) is 11.8. The van der Waals surface area contributed by atoms with Crippen LogP contribution >= 0.6 is 0 Å². The SMILES string of the molecule is COc1ccc(CCN(C)C(=O)C(NC(=O)OCc2ccccc2)C(C)C)cc1OC. The van der Waals surface area contributed by atoms with Gasteiger partial charge in [0.25, 0.3) is 0 Å². The fraction of sp³-hybridized carbons (Fsp3) is 0.417. The van der Waals surface area contributed by atoms with E-state index in [2.05, 4.69) is 5.32 Å². The first kappa shape index (κ1) is 24.1. The Morgan fingerprint density at radius 2 is 1.65 bits per heavy atom. The van der Waals surface area contributed by atoms with Crippen LogP contribution in [0.25, 0.3) is 0 Å². The van der Waals surface area contributed by atoms with Gasteiger partial charge in [0, 0.05) is 13.6 Å². The molecule has 0 radical (unpaired) electrons. The zero-order valence-corrected chi connectivity index (χ0v) is 18.9. The number of rotatable bonds is 10. The Balaban J connectivity index is 1.91. The monoisotopic (exact) mass is 428 g/mol. The van der Waals surface area contributed by atoms with Crippen LogP contribution in [0.15, 0.2) is 48.5 Å². The van der Waals surface area contributed by atoms with Crippen LogP contribution in [0.1, 0.15) is 25.0 Å². The average Bonchev–Trinajstić information content (AvgIpc) is 2.79. The predicted molar refractivity (Wildman–Crippen MR) is 119 cm³/mol. The molecule has 168 valence electrons. The van der Waals surface area contributed by atoms with Gasteiger partial charge in [-0.1, -0.05) is 50.2 Å². The minimum atomic E-state index is -0.668. The Hall–Kier alpha value is -3.22. The lowest BCUT2D eigenvalue weighted by atomic mass is 10.0. The van der Waals surface area contributed by atoms with Crippen molar-refractivity contribution in [3.8, 4) is 11.5 Å². The van der Waals surface area contributed by atoms with Crippen LogP contribution in [-0.2, 0) is 22.6 Å². The third-order valence-corrected chi connectivity index (χ3v) is 4.98. The molecule has 0 saturated heterocycles. The molecule has 0 aliphatic carbocycles. The van der Waals surface area contributed by atoms with Crippen molar-refractivity contribution in [2.24, 2.45) is 5.92 Å². The Bertz CT molecular complexity index is 854. The lowest BCUT2D eigenvalue weighted by Crippen LogP contribution is -2.50. The summed E-state index contributed by atoms with van der Waals surface area (Å²) in [5.74, 6) is 1.07. The molecule has 1 N–H and O–H groups in total. The lowest BCUT2D eigenvalue weighted by molar-refractivity contribution is -0.133. The number of nitrogens with one attached hydrogen (secondary N) is 1. The van der Waals surface area contributed by atoms with Crippen LogP contribution in [0, 0.1) is 5.92 Å². The van der Waals surface area contributed by atoms with Crippen LogP contribution in [0.2, 0.25) is 0 Å². The molecule has 0 spiro atoms. The number of alkyl carbamates (subject to hydrolysis) is 1. The smallest absolute Gasteiger partial charge is 0.408 e. The highest BCUT2D eigenvalue weighted by Crippen LogP contribution is 2.27. The van der Waals surface area contributed by atoms with Gasteiger partial charge in [-0.05, 0) is 35.6 Å². The van der Waals surface area contributed by atoms with Gasteiger partial charge in [-0.25, -0.2) is 4.79 Å². The molecule has 0 bridgehead atoms. The van der Waals surface area contributed by atoms with E-state index in [-0.39, 0.29) is 18.4 Å². The summed E-state index contributed by atoms with van der Waals surface area (Å²) >= 11 is 0. The molecule has 2 rings (SSSR count). The van der Waals surface area contributed by atoms with E-state index in [1.54, 1.807) is 26.2 Å². The number of hydrogen-bond donors (Lipinski definition) is 1.